The van der Waals surface area contributed by atoms with Crippen LogP contribution in [0.15, 0.2) is 0 Å². The summed E-state index contributed by atoms with van der Waals surface area (Å²) in [5, 5.41) is 0. The summed E-state index contributed by atoms with van der Waals surface area (Å²) in [7, 11) is 0. The van der Waals surface area contributed by atoms with E-state index in [1.165, 1.54) is 25.7 Å². The number of carbonyl (C=O) groups is 1. The molecule has 2 atom stereocenters. The van der Waals surface area contributed by atoms with Gasteiger partial charge in [-0.05, 0) is 51.7 Å². The molecule has 2 rings (SSSR count). The lowest BCUT2D eigenvalue weighted by atomic mass is 10.1. The molecule has 4 nitrogen and oxygen atoms in total. The van der Waals surface area contributed by atoms with E-state index < -0.39 is 0 Å². The van der Waals surface area contributed by atoms with Crippen LogP contribution in [0.1, 0.15) is 39.0 Å². The van der Waals surface area contributed by atoms with Crippen molar-refractivity contribution in [3.05, 3.63) is 0 Å². The van der Waals surface area contributed by atoms with Crippen LogP contribution in [-0.4, -0.2) is 54.5 Å². The van der Waals surface area contributed by atoms with Gasteiger partial charge in [-0.3, -0.25) is 9.69 Å². The molecule has 2 saturated heterocycles. The Balaban J connectivity index is 0.00000180. The first-order valence-electron chi connectivity index (χ1n) is 7.45. The fourth-order valence-electron chi connectivity index (χ4n) is 3.13. The van der Waals surface area contributed by atoms with E-state index in [9.17, 15) is 4.79 Å². The smallest absolute Gasteiger partial charge is 0.239 e. The molecule has 0 saturated carbocycles. The van der Waals surface area contributed by atoms with Crippen molar-refractivity contribution in [2.24, 2.45) is 11.7 Å². The molecule has 20 heavy (non-hydrogen) atoms. The summed E-state index contributed by atoms with van der Waals surface area (Å²) in [5.74, 6) is 0.832. The molecule has 120 valence electrons. The van der Waals surface area contributed by atoms with E-state index >= 15 is 0 Å². The minimum atomic E-state index is 0. The predicted molar refractivity (Wildman–Crippen MR) is 87.7 cm³/mol. The van der Waals surface area contributed by atoms with Crippen LogP contribution in [0, 0.1) is 5.92 Å². The van der Waals surface area contributed by atoms with Crippen molar-refractivity contribution in [2.75, 3.05) is 32.7 Å². The summed E-state index contributed by atoms with van der Waals surface area (Å²) in [6.07, 6.45) is 6.19. The molecule has 0 aromatic carbocycles. The van der Waals surface area contributed by atoms with Gasteiger partial charge in [0.2, 0.25) is 5.91 Å². The quantitative estimate of drug-likeness (QED) is 0.862. The molecule has 1 amide bonds. The van der Waals surface area contributed by atoms with Gasteiger partial charge in [-0.1, -0.05) is 12.8 Å². The number of halogens is 2. The van der Waals surface area contributed by atoms with Gasteiger partial charge in [-0.25, -0.2) is 0 Å². The van der Waals surface area contributed by atoms with E-state index in [-0.39, 0.29) is 30.9 Å². The van der Waals surface area contributed by atoms with Crippen LogP contribution < -0.4 is 5.73 Å². The molecule has 0 aliphatic carbocycles. The van der Waals surface area contributed by atoms with Crippen molar-refractivity contribution in [1.82, 2.24) is 9.80 Å². The lowest BCUT2D eigenvalue weighted by Gasteiger charge is -2.30. The molecule has 2 aliphatic rings. The topological polar surface area (TPSA) is 49.6 Å². The number of likely N-dealkylation sites (tertiary alicyclic amines) is 2. The third-order valence-electron chi connectivity index (χ3n) is 4.48. The molecule has 2 N–H and O–H groups in total. The van der Waals surface area contributed by atoms with Gasteiger partial charge < -0.3 is 10.6 Å². The summed E-state index contributed by atoms with van der Waals surface area (Å²) in [5.41, 5.74) is 5.69. The minimum Gasteiger partial charge on any atom is -0.341 e. The van der Waals surface area contributed by atoms with Crippen LogP contribution in [0.25, 0.3) is 0 Å². The summed E-state index contributed by atoms with van der Waals surface area (Å²) < 4.78 is 0. The van der Waals surface area contributed by atoms with Gasteiger partial charge in [-0.15, -0.1) is 24.8 Å². The SMILES string of the molecule is CC(C(=O)N1CCC(CN)C1)N1CCCCCC1.Cl.Cl. The number of nitrogens with two attached hydrogens (primary N) is 1. The lowest BCUT2D eigenvalue weighted by Crippen LogP contribution is -2.46. The second-order valence-electron chi connectivity index (χ2n) is 5.80. The highest BCUT2D eigenvalue weighted by Crippen LogP contribution is 2.19. The predicted octanol–water partition coefficient (Wildman–Crippen LogP) is 1.90. The number of nitrogens with zero attached hydrogens (tertiary/aromatic N) is 2. The average molecular weight is 326 g/mol. The fourth-order valence-corrected chi connectivity index (χ4v) is 3.13. The van der Waals surface area contributed by atoms with Crippen molar-refractivity contribution in [2.45, 2.75) is 45.1 Å². The Kier molecular flexibility index (Phi) is 9.81. The second-order valence-corrected chi connectivity index (χ2v) is 5.80. The van der Waals surface area contributed by atoms with Crippen molar-refractivity contribution in [3.8, 4) is 0 Å². The number of carbonyl (C=O) groups excluding carboxylic acids is 1. The lowest BCUT2D eigenvalue weighted by molar-refractivity contribution is -0.135. The monoisotopic (exact) mass is 325 g/mol. The van der Waals surface area contributed by atoms with Gasteiger partial charge in [0.25, 0.3) is 0 Å². The molecular formula is C14H29Cl2N3O. The average Bonchev–Trinajstić information content (AvgIpc) is 2.71. The summed E-state index contributed by atoms with van der Waals surface area (Å²) in [4.78, 5) is 16.8. The first kappa shape index (κ1) is 20.0. The van der Waals surface area contributed by atoms with Crippen molar-refractivity contribution < 1.29 is 4.79 Å². The molecule has 0 bridgehead atoms. The Hall–Kier alpha value is -0.0300. The Morgan fingerprint density at radius 1 is 1.15 bits per heavy atom. The van der Waals surface area contributed by atoms with Gasteiger partial charge in [0, 0.05) is 13.1 Å². The van der Waals surface area contributed by atoms with Gasteiger partial charge in [-0.2, -0.15) is 0 Å². The second kappa shape index (κ2) is 9.82. The van der Waals surface area contributed by atoms with Crippen molar-refractivity contribution in [3.63, 3.8) is 0 Å². The zero-order valence-corrected chi connectivity index (χ0v) is 14.1. The van der Waals surface area contributed by atoms with Gasteiger partial charge in [0.15, 0.2) is 0 Å². The summed E-state index contributed by atoms with van der Waals surface area (Å²) in [6.45, 7) is 6.72. The van der Waals surface area contributed by atoms with Gasteiger partial charge in [0.1, 0.15) is 0 Å². The Bertz CT molecular complexity index is 284. The van der Waals surface area contributed by atoms with E-state index in [1.54, 1.807) is 0 Å². The number of amides is 1. The van der Waals surface area contributed by atoms with E-state index in [0.29, 0.717) is 18.4 Å². The fraction of sp³-hybridized carbons (Fsp3) is 0.929. The Morgan fingerprint density at radius 2 is 1.75 bits per heavy atom. The zero-order chi connectivity index (χ0) is 13.0. The normalized spacial score (nSPS) is 25.3. The largest absolute Gasteiger partial charge is 0.341 e. The van der Waals surface area contributed by atoms with E-state index in [0.717, 1.165) is 32.6 Å². The van der Waals surface area contributed by atoms with E-state index in [4.69, 9.17) is 5.73 Å². The molecule has 2 aliphatic heterocycles. The maximum absolute atomic E-state index is 12.5. The molecule has 2 fully saturated rings. The number of hydrogen-bond acceptors (Lipinski definition) is 3. The highest BCUT2D eigenvalue weighted by Gasteiger charge is 2.31. The third kappa shape index (κ3) is 5.06. The third-order valence-corrected chi connectivity index (χ3v) is 4.48. The molecule has 2 heterocycles. The minimum absolute atomic E-state index is 0. The first-order valence-corrected chi connectivity index (χ1v) is 7.45. The van der Waals surface area contributed by atoms with E-state index in [1.807, 2.05) is 4.90 Å². The van der Waals surface area contributed by atoms with Crippen molar-refractivity contribution >= 4 is 30.7 Å². The first-order chi connectivity index (χ1) is 8.72. The van der Waals surface area contributed by atoms with Gasteiger partial charge >= 0.3 is 0 Å². The Morgan fingerprint density at radius 3 is 2.25 bits per heavy atom. The van der Waals surface area contributed by atoms with Crippen LogP contribution >= 0.6 is 24.8 Å². The standard InChI is InChI=1S/C14H27N3O.2ClH/c1-12(16-7-4-2-3-5-8-16)14(18)17-9-6-13(10-15)11-17;;/h12-13H,2-11,15H2,1H3;2*1H. The van der Waals surface area contributed by atoms with Crippen LogP contribution in [0.4, 0.5) is 0 Å². The summed E-state index contributed by atoms with van der Waals surface area (Å²) >= 11 is 0. The number of rotatable bonds is 3. The maximum atomic E-state index is 12.5. The molecule has 0 aromatic heterocycles. The zero-order valence-electron chi connectivity index (χ0n) is 12.4. The molecule has 0 spiro atoms. The highest BCUT2D eigenvalue weighted by atomic mass is 35.5. The maximum Gasteiger partial charge on any atom is 0.239 e. The molecule has 0 radical (unpaired) electrons. The summed E-state index contributed by atoms with van der Waals surface area (Å²) in [6, 6.07) is 0.0552. The van der Waals surface area contributed by atoms with Crippen LogP contribution in [0.3, 0.4) is 0 Å². The Labute approximate surface area is 135 Å². The molecule has 0 aromatic rings. The molecular weight excluding hydrogens is 297 g/mol. The number of hydrogen-bond donors (Lipinski definition) is 1. The van der Waals surface area contributed by atoms with E-state index in [2.05, 4.69) is 11.8 Å². The molecule has 2 unspecified atom stereocenters. The highest BCUT2D eigenvalue weighted by molar-refractivity contribution is 5.85. The van der Waals surface area contributed by atoms with Crippen LogP contribution in [0.5, 0.6) is 0 Å². The van der Waals surface area contributed by atoms with Gasteiger partial charge in [0.05, 0.1) is 6.04 Å². The van der Waals surface area contributed by atoms with Crippen molar-refractivity contribution in [1.29, 1.82) is 0 Å². The molecule has 6 heteroatoms. The van der Waals surface area contributed by atoms with Crippen LogP contribution in [-0.2, 0) is 4.79 Å². The van der Waals surface area contributed by atoms with Crippen LogP contribution in [0.2, 0.25) is 0 Å².